The third-order valence-electron chi connectivity index (χ3n) is 5.93. The highest BCUT2D eigenvalue weighted by Gasteiger charge is 2.39. The van der Waals surface area contributed by atoms with E-state index in [0.29, 0.717) is 11.5 Å². The van der Waals surface area contributed by atoms with Crippen molar-refractivity contribution in [3.05, 3.63) is 0 Å². The molecule has 2 heteroatoms. The molecule has 0 aromatic rings. The van der Waals surface area contributed by atoms with E-state index in [2.05, 4.69) is 45.0 Å². The zero-order chi connectivity index (χ0) is 14.8. The zero-order valence-electron chi connectivity index (χ0n) is 14.4. The lowest BCUT2D eigenvalue weighted by Gasteiger charge is -2.47. The fourth-order valence-electron chi connectivity index (χ4n) is 4.47. The Morgan fingerprint density at radius 3 is 2.25 bits per heavy atom. The molecule has 2 nitrogen and oxygen atoms in total. The van der Waals surface area contributed by atoms with E-state index in [4.69, 9.17) is 0 Å². The Hall–Kier alpha value is -0.0800. The third-order valence-corrected chi connectivity index (χ3v) is 5.93. The molecular weight excluding hydrogens is 244 g/mol. The first kappa shape index (κ1) is 16.3. The third kappa shape index (κ3) is 3.76. The molecule has 2 rings (SSSR count). The van der Waals surface area contributed by atoms with Gasteiger partial charge in [0.15, 0.2) is 0 Å². The summed E-state index contributed by atoms with van der Waals surface area (Å²) in [6.07, 6.45) is 9.87. The van der Waals surface area contributed by atoms with Gasteiger partial charge >= 0.3 is 0 Å². The lowest BCUT2D eigenvalue weighted by atomic mass is 9.69. The van der Waals surface area contributed by atoms with Gasteiger partial charge in [-0.15, -0.1) is 0 Å². The van der Waals surface area contributed by atoms with Crippen molar-refractivity contribution in [1.29, 1.82) is 0 Å². The first-order valence-electron chi connectivity index (χ1n) is 8.88. The molecule has 0 aromatic carbocycles. The minimum atomic E-state index is 0.464. The van der Waals surface area contributed by atoms with E-state index in [1.807, 2.05) is 0 Å². The average Bonchev–Trinajstić information content (AvgIpc) is 2.91. The molecule has 0 spiro atoms. The summed E-state index contributed by atoms with van der Waals surface area (Å²) in [5.74, 6) is 0.881. The van der Waals surface area contributed by atoms with Gasteiger partial charge in [-0.2, -0.15) is 0 Å². The topological polar surface area (TPSA) is 15.3 Å². The maximum Gasteiger partial charge on any atom is 0.0252 e. The number of nitrogens with zero attached hydrogens (tertiary/aromatic N) is 1. The highest BCUT2D eigenvalue weighted by molar-refractivity contribution is 4.95. The summed E-state index contributed by atoms with van der Waals surface area (Å²) >= 11 is 0. The van der Waals surface area contributed by atoms with E-state index in [0.717, 1.165) is 24.5 Å². The molecule has 0 aromatic heterocycles. The summed E-state index contributed by atoms with van der Waals surface area (Å²) in [5, 5.41) is 3.77. The van der Waals surface area contributed by atoms with Crippen LogP contribution in [0.25, 0.3) is 0 Å². The van der Waals surface area contributed by atoms with Gasteiger partial charge in [-0.25, -0.2) is 0 Å². The van der Waals surface area contributed by atoms with Crippen LogP contribution in [0.5, 0.6) is 0 Å². The summed E-state index contributed by atoms with van der Waals surface area (Å²) in [6, 6.07) is 2.31. The van der Waals surface area contributed by atoms with Gasteiger partial charge in [-0.1, -0.05) is 40.5 Å². The van der Waals surface area contributed by atoms with Gasteiger partial charge < -0.3 is 5.32 Å². The summed E-state index contributed by atoms with van der Waals surface area (Å²) in [5.41, 5.74) is 0.464. The molecule has 2 aliphatic rings. The molecule has 0 radical (unpaired) electrons. The highest BCUT2D eigenvalue weighted by atomic mass is 15.2. The van der Waals surface area contributed by atoms with E-state index in [9.17, 15) is 0 Å². The van der Waals surface area contributed by atoms with Crippen molar-refractivity contribution in [2.75, 3.05) is 13.6 Å². The fourth-order valence-corrected chi connectivity index (χ4v) is 4.47. The zero-order valence-corrected chi connectivity index (χ0v) is 14.4. The average molecular weight is 281 g/mol. The Balaban J connectivity index is 2.05. The predicted molar refractivity (Wildman–Crippen MR) is 88.1 cm³/mol. The van der Waals surface area contributed by atoms with Gasteiger partial charge in [-0.05, 0) is 57.0 Å². The van der Waals surface area contributed by atoms with Gasteiger partial charge in [0, 0.05) is 18.1 Å². The first-order valence-corrected chi connectivity index (χ1v) is 8.88. The Labute approximate surface area is 126 Å². The Morgan fingerprint density at radius 2 is 1.70 bits per heavy atom. The van der Waals surface area contributed by atoms with Gasteiger partial charge in [0.2, 0.25) is 0 Å². The predicted octanol–water partition coefficient (Wildman–Crippen LogP) is 4.05. The van der Waals surface area contributed by atoms with Crippen LogP contribution in [-0.4, -0.2) is 36.6 Å². The SMILES string of the molecule is CCNC1CCC(C(C)(C)C)CC1N(C)C1CCCC1. The molecule has 0 aliphatic heterocycles. The normalized spacial score (nSPS) is 33.0. The number of nitrogens with one attached hydrogen (secondary N) is 1. The lowest BCUT2D eigenvalue weighted by molar-refractivity contribution is 0.0512. The molecule has 0 amide bonds. The summed E-state index contributed by atoms with van der Waals surface area (Å²) < 4.78 is 0. The Morgan fingerprint density at radius 1 is 1.05 bits per heavy atom. The Kier molecular flexibility index (Phi) is 5.53. The second-order valence-electron chi connectivity index (χ2n) is 8.21. The molecule has 0 bridgehead atoms. The Bertz CT molecular complexity index is 288. The van der Waals surface area contributed by atoms with Crippen LogP contribution < -0.4 is 5.32 Å². The van der Waals surface area contributed by atoms with Crippen molar-refractivity contribution in [3.63, 3.8) is 0 Å². The maximum atomic E-state index is 3.77. The minimum Gasteiger partial charge on any atom is -0.313 e. The molecule has 2 fully saturated rings. The molecule has 2 saturated carbocycles. The molecule has 0 saturated heterocycles. The lowest BCUT2D eigenvalue weighted by Crippen LogP contribution is -2.55. The largest absolute Gasteiger partial charge is 0.313 e. The molecule has 20 heavy (non-hydrogen) atoms. The number of hydrogen-bond donors (Lipinski definition) is 1. The van der Waals surface area contributed by atoms with Crippen LogP contribution in [0.1, 0.15) is 72.6 Å². The van der Waals surface area contributed by atoms with Crippen molar-refractivity contribution < 1.29 is 0 Å². The second-order valence-corrected chi connectivity index (χ2v) is 8.21. The van der Waals surface area contributed by atoms with Crippen molar-refractivity contribution >= 4 is 0 Å². The van der Waals surface area contributed by atoms with Gasteiger partial charge in [0.1, 0.15) is 0 Å². The van der Waals surface area contributed by atoms with Crippen molar-refractivity contribution in [1.82, 2.24) is 10.2 Å². The molecule has 1 N–H and O–H groups in total. The summed E-state index contributed by atoms with van der Waals surface area (Å²) in [7, 11) is 2.40. The van der Waals surface area contributed by atoms with Gasteiger partial charge in [-0.3, -0.25) is 4.90 Å². The smallest absolute Gasteiger partial charge is 0.0252 e. The molecule has 2 aliphatic carbocycles. The van der Waals surface area contributed by atoms with E-state index in [1.54, 1.807) is 0 Å². The number of rotatable bonds is 4. The minimum absolute atomic E-state index is 0.464. The summed E-state index contributed by atoms with van der Waals surface area (Å²) in [4.78, 5) is 2.75. The van der Waals surface area contributed by atoms with E-state index < -0.39 is 0 Å². The molecule has 118 valence electrons. The van der Waals surface area contributed by atoms with Crippen LogP contribution in [0.3, 0.4) is 0 Å². The standard InChI is InChI=1S/C18H36N2/c1-6-19-16-12-11-14(18(2,3)4)13-17(16)20(5)15-9-7-8-10-15/h14-17,19H,6-13H2,1-5H3. The molecular formula is C18H36N2. The van der Waals surface area contributed by atoms with E-state index in [-0.39, 0.29) is 0 Å². The van der Waals surface area contributed by atoms with Crippen molar-refractivity contribution in [3.8, 4) is 0 Å². The maximum absolute atomic E-state index is 3.77. The quantitative estimate of drug-likeness (QED) is 0.835. The van der Waals surface area contributed by atoms with Crippen LogP contribution in [0.2, 0.25) is 0 Å². The van der Waals surface area contributed by atoms with Crippen LogP contribution in [0.4, 0.5) is 0 Å². The molecule has 0 heterocycles. The van der Waals surface area contributed by atoms with Crippen LogP contribution in [0.15, 0.2) is 0 Å². The molecule has 3 atom stereocenters. The van der Waals surface area contributed by atoms with Gasteiger partial charge in [0.05, 0.1) is 0 Å². The monoisotopic (exact) mass is 280 g/mol. The molecule has 3 unspecified atom stereocenters. The van der Waals surface area contributed by atoms with Gasteiger partial charge in [0.25, 0.3) is 0 Å². The fraction of sp³-hybridized carbons (Fsp3) is 1.00. The van der Waals surface area contributed by atoms with Crippen molar-refractivity contribution in [2.24, 2.45) is 11.3 Å². The number of likely N-dealkylation sites (N-methyl/N-ethyl adjacent to an activating group) is 2. The summed E-state index contributed by atoms with van der Waals surface area (Å²) in [6.45, 7) is 10.6. The van der Waals surface area contributed by atoms with Crippen LogP contribution >= 0.6 is 0 Å². The van der Waals surface area contributed by atoms with Crippen LogP contribution in [-0.2, 0) is 0 Å². The van der Waals surface area contributed by atoms with E-state index >= 15 is 0 Å². The van der Waals surface area contributed by atoms with E-state index in [1.165, 1.54) is 44.9 Å². The number of hydrogen-bond acceptors (Lipinski definition) is 2. The first-order chi connectivity index (χ1) is 9.43. The second kappa shape index (κ2) is 6.79. The van der Waals surface area contributed by atoms with Crippen LogP contribution in [0, 0.1) is 11.3 Å². The van der Waals surface area contributed by atoms with Crippen molar-refractivity contribution in [2.45, 2.75) is 90.8 Å². The highest BCUT2D eigenvalue weighted by Crippen LogP contribution is 2.40.